The van der Waals surface area contributed by atoms with Crippen molar-refractivity contribution in [1.29, 1.82) is 0 Å². The van der Waals surface area contributed by atoms with Gasteiger partial charge in [-0.3, -0.25) is 15.0 Å². The number of amides is 2. The van der Waals surface area contributed by atoms with E-state index in [9.17, 15) is 14.7 Å². The minimum absolute atomic E-state index is 0.0223. The van der Waals surface area contributed by atoms with E-state index in [1.807, 2.05) is 4.90 Å². The Hall–Kier alpha value is -1.30. The molecule has 0 aromatic carbocycles. The Bertz CT molecular complexity index is 788. The Balaban J connectivity index is 0.979. The minimum atomic E-state index is -0.585. The number of hydrogen-bond acceptors (Lipinski definition) is 8. The fourth-order valence-corrected chi connectivity index (χ4v) is 7.31. The first kappa shape index (κ1) is 28.2. The molecule has 38 heavy (non-hydrogen) atoms. The molecule has 5 fully saturated rings. The number of hydrazine groups is 1. The number of nitrogens with one attached hydrogen (secondary N) is 3. The molecule has 0 bridgehead atoms. The average molecular weight is 536 g/mol. The quantitative estimate of drug-likeness (QED) is 0.355. The summed E-state index contributed by atoms with van der Waals surface area (Å²) >= 11 is 0. The average Bonchev–Trinajstić information content (AvgIpc) is 3.38. The van der Waals surface area contributed by atoms with Crippen molar-refractivity contribution in [3.63, 3.8) is 0 Å². The lowest BCUT2D eigenvalue weighted by atomic mass is 9.72. The van der Waals surface area contributed by atoms with E-state index in [1.165, 1.54) is 0 Å². The minimum Gasteiger partial charge on any atom is -0.390 e. The molecule has 3 saturated heterocycles. The first-order valence-electron chi connectivity index (χ1n) is 15.1. The molecule has 5 aliphatic rings. The van der Waals surface area contributed by atoms with Crippen molar-refractivity contribution in [1.82, 2.24) is 26.0 Å². The molecule has 4 N–H and O–H groups in total. The summed E-state index contributed by atoms with van der Waals surface area (Å²) in [5.41, 5.74) is 3.35. The van der Waals surface area contributed by atoms with Gasteiger partial charge in [0.25, 0.3) is 0 Å². The molecule has 10 heteroatoms. The Morgan fingerprint density at radius 2 is 1.79 bits per heavy atom. The summed E-state index contributed by atoms with van der Waals surface area (Å²) in [6.45, 7) is 5.62. The van der Waals surface area contributed by atoms with E-state index in [0.717, 1.165) is 77.5 Å². The highest BCUT2D eigenvalue weighted by Crippen LogP contribution is 2.37. The zero-order valence-electron chi connectivity index (χ0n) is 23.1. The van der Waals surface area contributed by atoms with Gasteiger partial charge in [0.15, 0.2) is 0 Å². The van der Waals surface area contributed by atoms with E-state index >= 15 is 0 Å². The maximum atomic E-state index is 12.8. The molecule has 5 rings (SSSR count). The van der Waals surface area contributed by atoms with Crippen LogP contribution in [0.4, 0.5) is 0 Å². The highest BCUT2D eigenvalue weighted by atomic mass is 16.5. The van der Waals surface area contributed by atoms with Crippen LogP contribution in [0, 0.1) is 23.7 Å². The van der Waals surface area contributed by atoms with Crippen molar-refractivity contribution in [2.24, 2.45) is 23.7 Å². The number of carbonyl (C=O) groups excluding carboxylic acids is 2. The van der Waals surface area contributed by atoms with Gasteiger partial charge in [-0.05, 0) is 76.2 Å². The number of hydrogen-bond donors (Lipinski definition) is 4. The molecule has 2 saturated carbocycles. The lowest BCUT2D eigenvalue weighted by Crippen LogP contribution is -2.54. The second-order valence-corrected chi connectivity index (χ2v) is 12.3. The molecule has 2 aliphatic carbocycles. The molecule has 3 aliphatic heterocycles. The number of aliphatic hydroxyl groups excluding tert-OH is 1. The van der Waals surface area contributed by atoms with Gasteiger partial charge < -0.3 is 30.1 Å². The van der Waals surface area contributed by atoms with Gasteiger partial charge in [0.2, 0.25) is 11.8 Å². The van der Waals surface area contributed by atoms with Crippen LogP contribution in [0.25, 0.3) is 0 Å². The van der Waals surface area contributed by atoms with E-state index < -0.39 is 6.10 Å². The Morgan fingerprint density at radius 1 is 1.03 bits per heavy atom. The summed E-state index contributed by atoms with van der Waals surface area (Å²) < 4.78 is 11.7. The number of rotatable bonds is 8. The van der Waals surface area contributed by atoms with E-state index in [4.69, 9.17) is 9.47 Å². The molecule has 10 nitrogen and oxygen atoms in total. The van der Waals surface area contributed by atoms with Crippen molar-refractivity contribution in [2.75, 3.05) is 59.6 Å². The van der Waals surface area contributed by atoms with E-state index in [2.05, 4.69) is 28.1 Å². The van der Waals surface area contributed by atoms with Gasteiger partial charge in [0.1, 0.15) is 0 Å². The summed E-state index contributed by atoms with van der Waals surface area (Å²) in [4.78, 5) is 27.5. The number of fused-ring (bicyclic) bond motifs is 1. The maximum absolute atomic E-state index is 12.8. The molecule has 2 amide bonds. The van der Waals surface area contributed by atoms with Gasteiger partial charge in [0.05, 0.1) is 32.0 Å². The molecular formula is C28H49N5O5. The largest absolute Gasteiger partial charge is 0.390 e. The normalized spacial score (nSPS) is 37.4. The first-order chi connectivity index (χ1) is 18.5. The van der Waals surface area contributed by atoms with E-state index in [-0.39, 0.29) is 36.2 Å². The summed E-state index contributed by atoms with van der Waals surface area (Å²) in [6.07, 6.45) is 8.21. The summed E-state index contributed by atoms with van der Waals surface area (Å²) in [6, 6.07) is 0.494. The molecule has 3 heterocycles. The molecule has 4 unspecified atom stereocenters. The van der Waals surface area contributed by atoms with E-state index in [1.54, 1.807) is 0 Å². The highest BCUT2D eigenvalue weighted by molar-refractivity contribution is 5.81. The van der Waals surface area contributed by atoms with Gasteiger partial charge in [-0.15, -0.1) is 0 Å². The predicted octanol–water partition coefficient (Wildman–Crippen LogP) is 0.501. The van der Waals surface area contributed by atoms with Crippen molar-refractivity contribution in [3.05, 3.63) is 0 Å². The third kappa shape index (κ3) is 7.06. The van der Waals surface area contributed by atoms with Gasteiger partial charge in [-0.1, -0.05) is 0 Å². The zero-order chi connectivity index (χ0) is 26.5. The lowest BCUT2D eigenvalue weighted by molar-refractivity contribution is -0.142. The fraction of sp³-hybridized carbons (Fsp3) is 0.929. The van der Waals surface area contributed by atoms with Crippen LogP contribution < -0.4 is 16.1 Å². The van der Waals surface area contributed by atoms with Crippen molar-refractivity contribution in [2.45, 2.75) is 82.1 Å². The maximum Gasteiger partial charge on any atom is 0.225 e. The zero-order valence-corrected chi connectivity index (χ0v) is 23.1. The summed E-state index contributed by atoms with van der Waals surface area (Å²) in [5, 5.41) is 19.6. The Labute approximate surface area is 227 Å². The van der Waals surface area contributed by atoms with Crippen LogP contribution in [-0.4, -0.2) is 111 Å². The summed E-state index contributed by atoms with van der Waals surface area (Å²) in [5.74, 6) is 1.43. The first-order valence-corrected chi connectivity index (χ1v) is 15.1. The number of likely N-dealkylation sites (N-methyl/N-ethyl adjacent to an activating group) is 1. The standard InChI is InChI=1S/C28H49N5O5/c1-32-23(8-9-31-32)18-38-24-7-6-21-15-25(29-16-22(21)14-24)26(34)17-30-27(35)19-2-4-20(5-3-19)28(36)33-10-12-37-13-11-33/h19-26,29,31,34H,2-18H2,1H3,(H,30,35)/t19?,20?,21?,22?,23?,24?,25-,26+/m0/s1. The van der Waals surface area contributed by atoms with Crippen LogP contribution in [0.1, 0.15) is 57.8 Å². The predicted molar refractivity (Wildman–Crippen MR) is 143 cm³/mol. The van der Waals surface area contributed by atoms with Crippen LogP contribution in [-0.2, 0) is 19.1 Å². The number of carbonyl (C=O) groups is 2. The number of aliphatic hydroxyl groups is 1. The molecule has 216 valence electrons. The molecule has 0 radical (unpaired) electrons. The highest BCUT2D eigenvalue weighted by Gasteiger charge is 2.39. The lowest BCUT2D eigenvalue weighted by Gasteiger charge is -2.44. The SMILES string of the molecule is CN1NCCC1COC1CCC2C[C@@H]([C@H](O)CNC(=O)C3CCC(C(=O)N4CCOCC4)CC3)NCC2C1. The fourth-order valence-electron chi connectivity index (χ4n) is 7.31. The molecule has 0 spiro atoms. The topological polar surface area (TPSA) is 115 Å². The van der Waals surface area contributed by atoms with Gasteiger partial charge in [-0.25, -0.2) is 5.01 Å². The monoisotopic (exact) mass is 535 g/mol. The third-order valence-electron chi connectivity index (χ3n) is 9.92. The van der Waals surface area contributed by atoms with Gasteiger partial charge >= 0.3 is 0 Å². The van der Waals surface area contributed by atoms with Crippen molar-refractivity contribution >= 4 is 11.8 Å². The number of ether oxygens (including phenoxy) is 2. The van der Waals surface area contributed by atoms with Gasteiger partial charge in [-0.2, -0.15) is 0 Å². The number of nitrogens with zero attached hydrogens (tertiary/aromatic N) is 2. The molecule has 0 aromatic rings. The number of piperidine rings is 1. The molecule has 0 aromatic heterocycles. The smallest absolute Gasteiger partial charge is 0.225 e. The molecule has 6 atom stereocenters. The van der Waals surface area contributed by atoms with Gasteiger partial charge in [0, 0.05) is 57.1 Å². The van der Waals surface area contributed by atoms with Crippen LogP contribution in [0.5, 0.6) is 0 Å². The second-order valence-electron chi connectivity index (χ2n) is 12.3. The third-order valence-corrected chi connectivity index (χ3v) is 9.92. The Morgan fingerprint density at radius 3 is 2.53 bits per heavy atom. The number of morpholine rings is 1. The van der Waals surface area contributed by atoms with Crippen molar-refractivity contribution in [3.8, 4) is 0 Å². The van der Waals surface area contributed by atoms with Crippen LogP contribution in [0.3, 0.4) is 0 Å². The van der Waals surface area contributed by atoms with Crippen LogP contribution in [0.2, 0.25) is 0 Å². The van der Waals surface area contributed by atoms with Crippen LogP contribution >= 0.6 is 0 Å². The van der Waals surface area contributed by atoms with E-state index in [0.29, 0.717) is 50.3 Å². The van der Waals surface area contributed by atoms with Crippen molar-refractivity contribution < 1.29 is 24.2 Å². The summed E-state index contributed by atoms with van der Waals surface area (Å²) in [7, 11) is 2.09. The molecular weight excluding hydrogens is 486 g/mol. The Kier molecular flexibility index (Phi) is 9.94. The second kappa shape index (κ2) is 13.4. The van der Waals surface area contributed by atoms with Crippen LogP contribution in [0.15, 0.2) is 0 Å².